The highest BCUT2D eigenvalue weighted by Crippen LogP contribution is 2.39. The molecule has 2 heterocycles. The highest BCUT2D eigenvalue weighted by molar-refractivity contribution is 5.74. The maximum absolute atomic E-state index is 12.4. The third-order valence-corrected chi connectivity index (χ3v) is 6.00. The Hall–Kier alpha value is -1.62. The fourth-order valence-corrected chi connectivity index (χ4v) is 4.52. The molecule has 0 spiro atoms. The monoisotopic (exact) mass is 328 g/mol. The van der Waals surface area contributed by atoms with Crippen LogP contribution in [0.5, 0.6) is 0 Å². The Labute approximate surface area is 144 Å². The quantitative estimate of drug-likeness (QED) is 0.892. The number of amides is 2. The summed E-state index contributed by atoms with van der Waals surface area (Å²) in [5.41, 5.74) is 2.06. The molecular formula is C19H28N4O. The predicted octanol–water partition coefficient (Wildman–Crippen LogP) is 2.45. The second-order valence-electron chi connectivity index (χ2n) is 7.76. The Kier molecular flexibility index (Phi) is 4.44. The van der Waals surface area contributed by atoms with E-state index in [0.717, 1.165) is 17.3 Å². The summed E-state index contributed by atoms with van der Waals surface area (Å²) in [5, 5.41) is 6.28. The number of hydrogen-bond donors (Lipinski definition) is 2. The first-order valence-electron chi connectivity index (χ1n) is 9.39. The van der Waals surface area contributed by atoms with E-state index >= 15 is 0 Å². The van der Waals surface area contributed by atoms with Crippen molar-refractivity contribution in [2.75, 3.05) is 13.1 Å². The number of nitrogens with zero attached hydrogens (tertiary/aromatic N) is 2. The number of piperidine rings is 1. The molecule has 2 N–H and O–H groups in total. The molecule has 2 amide bonds. The Morgan fingerprint density at radius 3 is 2.67 bits per heavy atom. The van der Waals surface area contributed by atoms with Gasteiger partial charge in [0.05, 0.1) is 12.2 Å². The van der Waals surface area contributed by atoms with Crippen molar-refractivity contribution < 1.29 is 4.79 Å². The lowest BCUT2D eigenvalue weighted by atomic mass is 9.73. The number of nitrogens with one attached hydrogen (secondary N) is 2. The molecule has 1 saturated heterocycles. The molecule has 0 unspecified atom stereocenters. The average molecular weight is 328 g/mol. The summed E-state index contributed by atoms with van der Waals surface area (Å²) < 4.78 is 0. The number of carbonyl (C=O) groups excluding carboxylic acids is 1. The number of likely N-dealkylation sites (tertiary alicyclic amines) is 1. The average Bonchev–Trinajstić information content (AvgIpc) is 3.39. The smallest absolute Gasteiger partial charge is 0.315 e. The van der Waals surface area contributed by atoms with E-state index in [4.69, 9.17) is 0 Å². The molecule has 2 atom stereocenters. The summed E-state index contributed by atoms with van der Waals surface area (Å²) in [5.74, 6) is 1.25. The summed E-state index contributed by atoms with van der Waals surface area (Å²) in [6.07, 6.45) is 8.36. The van der Waals surface area contributed by atoms with Gasteiger partial charge < -0.3 is 10.6 Å². The molecule has 3 fully saturated rings. The second kappa shape index (κ2) is 6.71. The number of pyridine rings is 1. The normalized spacial score (nSPS) is 30.0. The van der Waals surface area contributed by atoms with Gasteiger partial charge in [-0.2, -0.15) is 0 Å². The van der Waals surface area contributed by atoms with E-state index in [-0.39, 0.29) is 6.03 Å². The van der Waals surface area contributed by atoms with Crippen LogP contribution in [-0.4, -0.2) is 41.1 Å². The minimum Gasteiger partial charge on any atom is -0.335 e. The van der Waals surface area contributed by atoms with Crippen LogP contribution in [0.25, 0.3) is 0 Å². The lowest BCUT2D eigenvalue weighted by Crippen LogP contribution is -2.59. The Balaban J connectivity index is 1.32. The SMILES string of the molecule is Cc1cccnc1CNC(=O)NC1[C@H]2CCC[C@H]1CN(C1CC1)C2. The van der Waals surface area contributed by atoms with Crippen LogP contribution in [-0.2, 0) is 6.54 Å². The lowest BCUT2D eigenvalue weighted by molar-refractivity contribution is 0.0464. The molecule has 24 heavy (non-hydrogen) atoms. The highest BCUT2D eigenvalue weighted by atomic mass is 16.2. The number of urea groups is 1. The van der Waals surface area contributed by atoms with Crippen LogP contribution in [0.4, 0.5) is 4.79 Å². The van der Waals surface area contributed by atoms with Gasteiger partial charge in [0.2, 0.25) is 0 Å². The van der Waals surface area contributed by atoms with Crippen molar-refractivity contribution in [3.8, 4) is 0 Å². The molecule has 5 heteroatoms. The van der Waals surface area contributed by atoms with E-state index < -0.39 is 0 Å². The summed E-state index contributed by atoms with van der Waals surface area (Å²) in [7, 11) is 0. The zero-order valence-corrected chi connectivity index (χ0v) is 14.5. The van der Waals surface area contributed by atoms with E-state index in [1.54, 1.807) is 6.20 Å². The van der Waals surface area contributed by atoms with Crippen molar-refractivity contribution in [2.45, 2.75) is 57.7 Å². The fourth-order valence-electron chi connectivity index (χ4n) is 4.52. The molecule has 3 aliphatic rings. The van der Waals surface area contributed by atoms with Gasteiger partial charge in [-0.3, -0.25) is 9.88 Å². The standard InChI is InChI=1S/C19H28N4O/c1-13-4-3-9-20-17(13)10-21-19(24)22-18-14-5-2-6-15(18)12-23(11-14)16-7-8-16/h3-4,9,14-16,18H,2,5-8,10-12H2,1H3,(H2,21,22,24)/t14-,15-/m0/s1. The first-order chi connectivity index (χ1) is 11.7. The van der Waals surface area contributed by atoms with Crippen LogP contribution in [0.1, 0.15) is 43.4 Å². The largest absolute Gasteiger partial charge is 0.335 e. The van der Waals surface area contributed by atoms with Crippen molar-refractivity contribution in [1.82, 2.24) is 20.5 Å². The summed E-state index contributed by atoms with van der Waals surface area (Å²) in [6.45, 7) is 4.87. The van der Waals surface area contributed by atoms with Crippen molar-refractivity contribution in [3.05, 3.63) is 29.6 Å². The molecule has 0 radical (unpaired) electrons. The van der Waals surface area contributed by atoms with Gasteiger partial charge in [0.1, 0.15) is 0 Å². The molecule has 1 aliphatic heterocycles. The van der Waals surface area contributed by atoms with Gasteiger partial charge in [-0.1, -0.05) is 12.5 Å². The van der Waals surface area contributed by atoms with Gasteiger partial charge in [-0.15, -0.1) is 0 Å². The maximum Gasteiger partial charge on any atom is 0.315 e. The van der Waals surface area contributed by atoms with Crippen molar-refractivity contribution in [2.24, 2.45) is 11.8 Å². The first kappa shape index (κ1) is 15.9. The van der Waals surface area contributed by atoms with Gasteiger partial charge in [-0.05, 0) is 56.1 Å². The molecule has 2 bridgehead atoms. The van der Waals surface area contributed by atoms with E-state index in [1.807, 2.05) is 19.1 Å². The van der Waals surface area contributed by atoms with Gasteiger partial charge in [-0.25, -0.2) is 4.79 Å². The maximum atomic E-state index is 12.4. The van der Waals surface area contributed by atoms with Crippen molar-refractivity contribution >= 4 is 6.03 Å². The highest BCUT2D eigenvalue weighted by Gasteiger charge is 2.43. The number of aromatic nitrogens is 1. The minimum absolute atomic E-state index is 0.0400. The Morgan fingerprint density at radius 2 is 2.00 bits per heavy atom. The molecule has 2 saturated carbocycles. The molecule has 1 aromatic heterocycles. The number of rotatable bonds is 4. The van der Waals surface area contributed by atoms with Crippen LogP contribution < -0.4 is 10.6 Å². The summed E-state index contributed by atoms with van der Waals surface area (Å²) >= 11 is 0. The zero-order chi connectivity index (χ0) is 16.5. The zero-order valence-electron chi connectivity index (χ0n) is 14.5. The van der Waals surface area contributed by atoms with E-state index in [9.17, 15) is 4.79 Å². The topological polar surface area (TPSA) is 57.3 Å². The van der Waals surface area contributed by atoms with E-state index in [1.165, 1.54) is 45.2 Å². The molecule has 5 nitrogen and oxygen atoms in total. The van der Waals surface area contributed by atoms with E-state index in [0.29, 0.717) is 24.4 Å². The summed E-state index contributed by atoms with van der Waals surface area (Å²) in [4.78, 5) is 19.4. The van der Waals surface area contributed by atoms with Crippen LogP contribution in [0.2, 0.25) is 0 Å². The fraction of sp³-hybridized carbons (Fsp3) is 0.684. The predicted molar refractivity (Wildman–Crippen MR) is 93.6 cm³/mol. The molecule has 1 aromatic rings. The summed E-state index contributed by atoms with van der Waals surface area (Å²) in [6, 6.07) is 5.10. The number of fused-ring (bicyclic) bond motifs is 2. The Morgan fingerprint density at radius 1 is 1.25 bits per heavy atom. The van der Waals surface area contributed by atoms with Crippen molar-refractivity contribution in [1.29, 1.82) is 0 Å². The number of aryl methyl sites for hydroxylation is 1. The van der Waals surface area contributed by atoms with Gasteiger partial charge >= 0.3 is 6.03 Å². The van der Waals surface area contributed by atoms with Crippen LogP contribution >= 0.6 is 0 Å². The molecule has 4 rings (SSSR count). The first-order valence-corrected chi connectivity index (χ1v) is 9.39. The van der Waals surface area contributed by atoms with Crippen molar-refractivity contribution in [3.63, 3.8) is 0 Å². The van der Waals surface area contributed by atoms with Gasteiger partial charge in [0.15, 0.2) is 0 Å². The van der Waals surface area contributed by atoms with E-state index in [2.05, 4.69) is 20.5 Å². The van der Waals surface area contributed by atoms with Crippen LogP contribution in [0.15, 0.2) is 18.3 Å². The molecular weight excluding hydrogens is 300 g/mol. The third kappa shape index (κ3) is 3.41. The second-order valence-corrected chi connectivity index (χ2v) is 7.76. The molecule has 130 valence electrons. The Bertz CT molecular complexity index is 587. The molecule has 0 aromatic carbocycles. The van der Waals surface area contributed by atoms with Crippen LogP contribution in [0, 0.1) is 18.8 Å². The minimum atomic E-state index is -0.0400. The number of hydrogen-bond acceptors (Lipinski definition) is 3. The third-order valence-electron chi connectivity index (χ3n) is 6.00. The lowest BCUT2D eigenvalue weighted by Gasteiger charge is -2.47. The van der Waals surface area contributed by atoms with Crippen LogP contribution in [0.3, 0.4) is 0 Å². The van der Waals surface area contributed by atoms with Gasteiger partial charge in [0, 0.05) is 31.4 Å². The molecule has 2 aliphatic carbocycles. The number of carbonyl (C=O) groups is 1. The van der Waals surface area contributed by atoms with Gasteiger partial charge in [0.25, 0.3) is 0 Å².